The van der Waals surface area contributed by atoms with Crippen molar-refractivity contribution in [3.05, 3.63) is 53.2 Å². The van der Waals surface area contributed by atoms with E-state index < -0.39 is 0 Å². The monoisotopic (exact) mass is 264 g/mol. The minimum atomic E-state index is 0.772. The highest BCUT2D eigenvalue weighted by molar-refractivity contribution is 7.99. The lowest BCUT2D eigenvalue weighted by atomic mass is 10.2. The van der Waals surface area contributed by atoms with E-state index in [2.05, 4.69) is 16.4 Å². The highest BCUT2D eigenvalue weighted by Gasteiger charge is 2.08. The van der Waals surface area contributed by atoms with Crippen molar-refractivity contribution in [1.29, 1.82) is 0 Å². The molecule has 0 aliphatic heterocycles. The van der Waals surface area contributed by atoms with Gasteiger partial charge in [-0.2, -0.15) is 0 Å². The van der Waals surface area contributed by atoms with Gasteiger partial charge in [0.05, 0.1) is 5.02 Å². The number of pyridine rings is 1. The predicted molar refractivity (Wildman–Crippen MR) is 72.6 cm³/mol. The molecule has 0 amide bonds. The van der Waals surface area contributed by atoms with E-state index in [1.807, 2.05) is 37.4 Å². The first-order valence-corrected chi connectivity index (χ1v) is 6.51. The minimum absolute atomic E-state index is 0.772. The van der Waals surface area contributed by atoms with Gasteiger partial charge in [0.2, 0.25) is 0 Å². The highest BCUT2D eigenvalue weighted by atomic mass is 35.5. The molecule has 2 rings (SSSR count). The smallest absolute Gasteiger partial charge is 0.101 e. The Labute approximate surface area is 110 Å². The second kappa shape index (κ2) is 6.05. The number of hydrogen-bond donors (Lipinski definition) is 1. The molecular formula is C13H13ClN2S. The Kier molecular flexibility index (Phi) is 4.42. The average Bonchev–Trinajstić information content (AvgIpc) is 2.35. The van der Waals surface area contributed by atoms with Crippen molar-refractivity contribution in [3.8, 4) is 0 Å². The number of rotatable bonds is 4. The normalized spacial score (nSPS) is 10.5. The van der Waals surface area contributed by atoms with Crippen LogP contribution < -0.4 is 5.32 Å². The van der Waals surface area contributed by atoms with Gasteiger partial charge < -0.3 is 5.32 Å². The van der Waals surface area contributed by atoms with Gasteiger partial charge >= 0.3 is 0 Å². The summed E-state index contributed by atoms with van der Waals surface area (Å²) in [5, 5.41) is 4.87. The summed E-state index contributed by atoms with van der Waals surface area (Å²) in [5.41, 5.74) is 1.19. The number of halogens is 1. The molecule has 1 N–H and O–H groups in total. The lowest BCUT2D eigenvalue weighted by Crippen LogP contribution is -2.06. The third-order valence-electron chi connectivity index (χ3n) is 2.26. The average molecular weight is 265 g/mol. The highest BCUT2D eigenvalue weighted by Crippen LogP contribution is 2.34. The Morgan fingerprint density at radius 3 is 2.82 bits per heavy atom. The van der Waals surface area contributed by atoms with Crippen molar-refractivity contribution in [2.24, 2.45) is 0 Å². The third kappa shape index (κ3) is 3.22. The van der Waals surface area contributed by atoms with Crippen LogP contribution in [-0.2, 0) is 6.54 Å². The Balaban J connectivity index is 2.31. The van der Waals surface area contributed by atoms with Gasteiger partial charge in [0, 0.05) is 17.6 Å². The summed E-state index contributed by atoms with van der Waals surface area (Å²) < 4.78 is 0. The summed E-state index contributed by atoms with van der Waals surface area (Å²) in [5.74, 6) is 0. The zero-order valence-electron chi connectivity index (χ0n) is 9.48. The maximum Gasteiger partial charge on any atom is 0.101 e. The van der Waals surface area contributed by atoms with Gasteiger partial charge in [-0.3, -0.25) is 0 Å². The second-order valence-electron chi connectivity index (χ2n) is 3.53. The Bertz CT molecular complexity index is 488. The zero-order valence-corrected chi connectivity index (χ0v) is 11.1. The van der Waals surface area contributed by atoms with E-state index in [0.717, 1.165) is 21.5 Å². The Morgan fingerprint density at radius 1 is 1.24 bits per heavy atom. The molecule has 88 valence electrons. The van der Waals surface area contributed by atoms with Crippen LogP contribution in [0.25, 0.3) is 0 Å². The first-order chi connectivity index (χ1) is 8.31. The van der Waals surface area contributed by atoms with Gasteiger partial charge in [0.25, 0.3) is 0 Å². The van der Waals surface area contributed by atoms with E-state index in [1.54, 1.807) is 18.0 Å². The zero-order chi connectivity index (χ0) is 12.1. The fourth-order valence-electron chi connectivity index (χ4n) is 1.51. The van der Waals surface area contributed by atoms with Crippen molar-refractivity contribution in [3.63, 3.8) is 0 Å². The topological polar surface area (TPSA) is 24.9 Å². The molecule has 0 aliphatic carbocycles. The van der Waals surface area contributed by atoms with E-state index in [4.69, 9.17) is 11.6 Å². The molecule has 0 radical (unpaired) electrons. The molecule has 0 bridgehead atoms. The molecule has 0 atom stereocenters. The van der Waals surface area contributed by atoms with Crippen LogP contribution in [0.5, 0.6) is 0 Å². The largest absolute Gasteiger partial charge is 0.316 e. The van der Waals surface area contributed by atoms with E-state index in [0.29, 0.717) is 0 Å². The fourth-order valence-corrected chi connectivity index (χ4v) is 2.73. The van der Waals surface area contributed by atoms with Crippen LogP contribution in [-0.4, -0.2) is 12.0 Å². The van der Waals surface area contributed by atoms with Gasteiger partial charge in [-0.05, 0) is 30.8 Å². The molecule has 4 heteroatoms. The first kappa shape index (κ1) is 12.4. The molecule has 17 heavy (non-hydrogen) atoms. The van der Waals surface area contributed by atoms with E-state index in [-0.39, 0.29) is 0 Å². The molecule has 1 aromatic carbocycles. The van der Waals surface area contributed by atoms with Crippen molar-refractivity contribution in [2.75, 3.05) is 7.05 Å². The van der Waals surface area contributed by atoms with Crippen molar-refractivity contribution in [2.45, 2.75) is 16.5 Å². The lowest BCUT2D eigenvalue weighted by molar-refractivity contribution is 0.803. The number of nitrogens with one attached hydrogen (secondary N) is 1. The van der Waals surface area contributed by atoms with Crippen LogP contribution in [0.2, 0.25) is 5.02 Å². The molecule has 0 saturated heterocycles. The molecule has 0 saturated carbocycles. The van der Waals surface area contributed by atoms with Crippen molar-refractivity contribution in [1.82, 2.24) is 10.3 Å². The summed E-state index contributed by atoms with van der Waals surface area (Å²) in [6, 6.07) is 11.8. The predicted octanol–water partition coefficient (Wildman–Crippen LogP) is 3.61. The molecular weight excluding hydrogens is 252 g/mol. The number of aromatic nitrogens is 1. The van der Waals surface area contributed by atoms with Crippen LogP contribution in [0.4, 0.5) is 0 Å². The van der Waals surface area contributed by atoms with Crippen LogP contribution in [0.1, 0.15) is 5.56 Å². The van der Waals surface area contributed by atoms with E-state index in [1.165, 1.54) is 5.56 Å². The van der Waals surface area contributed by atoms with E-state index in [9.17, 15) is 0 Å². The standard InChI is InChI=1S/C13H13ClN2S/c1-15-9-10-5-4-6-11(14)13(10)17-12-7-2-3-8-16-12/h2-8,15H,9H2,1H3. The van der Waals surface area contributed by atoms with Crippen LogP contribution in [0, 0.1) is 0 Å². The van der Waals surface area contributed by atoms with Gasteiger partial charge in [0.15, 0.2) is 0 Å². The van der Waals surface area contributed by atoms with Gasteiger partial charge in [-0.25, -0.2) is 4.98 Å². The SMILES string of the molecule is CNCc1cccc(Cl)c1Sc1ccccn1. The lowest BCUT2D eigenvalue weighted by Gasteiger charge is -2.10. The number of hydrogen-bond acceptors (Lipinski definition) is 3. The number of benzene rings is 1. The maximum absolute atomic E-state index is 6.24. The molecule has 0 aliphatic rings. The first-order valence-electron chi connectivity index (χ1n) is 5.32. The summed E-state index contributed by atoms with van der Waals surface area (Å²) in [6.45, 7) is 0.801. The second-order valence-corrected chi connectivity index (χ2v) is 4.97. The Hall–Kier alpha value is -1.03. The van der Waals surface area contributed by atoms with Gasteiger partial charge in [-0.1, -0.05) is 41.6 Å². The maximum atomic E-state index is 6.24. The summed E-state index contributed by atoms with van der Waals surface area (Å²) >= 11 is 7.84. The van der Waals surface area contributed by atoms with Gasteiger partial charge in [-0.15, -0.1) is 0 Å². The molecule has 0 fully saturated rings. The summed E-state index contributed by atoms with van der Waals surface area (Å²) in [6.07, 6.45) is 1.79. The molecule has 0 spiro atoms. The summed E-state index contributed by atoms with van der Waals surface area (Å²) in [4.78, 5) is 5.37. The molecule has 2 nitrogen and oxygen atoms in total. The van der Waals surface area contributed by atoms with Crippen LogP contribution in [0.3, 0.4) is 0 Å². The Morgan fingerprint density at radius 2 is 2.12 bits per heavy atom. The minimum Gasteiger partial charge on any atom is -0.316 e. The van der Waals surface area contributed by atoms with Crippen molar-refractivity contribution < 1.29 is 0 Å². The van der Waals surface area contributed by atoms with Gasteiger partial charge in [0.1, 0.15) is 5.03 Å². The quantitative estimate of drug-likeness (QED) is 0.913. The molecule has 1 heterocycles. The molecule has 1 aromatic heterocycles. The van der Waals surface area contributed by atoms with Crippen LogP contribution >= 0.6 is 23.4 Å². The van der Waals surface area contributed by atoms with Crippen LogP contribution in [0.15, 0.2) is 52.5 Å². The summed E-state index contributed by atoms with van der Waals surface area (Å²) in [7, 11) is 1.93. The molecule has 2 aromatic rings. The number of nitrogens with zero attached hydrogens (tertiary/aromatic N) is 1. The van der Waals surface area contributed by atoms with Crippen molar-refractivity contribution >= 4 is 23.4 Å². The fraction of sp³-hybridized carbons (Fsp3) is 0.154. The third-order valence-corrected chi connectivity index (χ3v) is 3.82. The van der Waals surface area contributed by atoms with E-state index >= 15 is 0 Å². The molecule has 0 unspecified atom stereocenters.